The standard InChI is InChI=1S/C10H10N4O5S/c15-9(16)6-5-12(1-3-19-6)7-8(14(17)18)13-2-4-20-10(13)11-7/h2,4,6H,1,3,5H2,(H,15,16). The Morgan fingerprint density at radius 2 is 2.45 bits per heavy atom. The lowest BCUT2D eigenvalue weighted by Crippen LogP contribution is -2.46. The lowest BCUT2D eigenvalue weighted by molar-refractivity contribution is -0.389. The van der Waals surface area contributed by atoms with Gasteiger partial charge in [-0.05, 0) is 4.92 Å². The van der Waals surface area contributed by atoms with Gasteiger partial charge < -0.3 is 24.9 Å². The highest BCUT2D eigenvalue weighted by molar-refractivity contribution is 7.15. The number of hydrogen-bond acceptors (Lipinski definition) is 7. The maximum atomic E-state index is 11.2. The predicted octanol–water partition coefficient (Wildman–Crippen LogP) is 0.594. The van der Waals surface area contributed by atoms with Crippen LogP contribution < -0.4 is 4.90 Å². The first-order chi connectivity index (χ1) is 9.58. The molecule has 9 nitrogen and oxygen atoms in total. The van der Waals surface area contributed by atoms with Crippen LogP contribution in [0.5, 0.6) is 0 Å². The molecule has 0 aromatic carbocycles. The van der Waals surface area contributed by atoms with Crippen molar-refractivity contribution in [1.29, 1.82) is 0 Å². The second-order valence-electron chi connectivity index (χ2n) is 4.22. The molecule has 1 aliphatic heterocycles. The highest BCUT2D eigenvalue weighted by Crippen LogP contribution is 2.31. The Balaban J connectivity index is 2.00. The molecular formula is C10H10N4O5S. The molecule has 3 rings (SSSR count). The van der Waals surface area contributed by atoms with Crippen molar-refractivity contribution in [2.24, 2.45) is 0 Å². The maximum absolute atomic E-state index is 11.2. The van der Waals surface area contributed by atoms with Gasteiger partial charge in [0.25, 0.3) is 4.96 Å². The molecule has 0 saturated carbocycles. The average Bonchev–Trinajstić information content (AvgIpc) is 2.97. The summed E-state index contributed by atoms with van der Waals surface area (Å²) in [4.78, 5) is 28.0. The van der Waals surface area contributed by atoms with E-state index in [1.807, 2.05) is 0 Å². The predicted molar refractivity (Wildman–Crippen MR) is 69.3 cm³/mol. The van der Waals surface area contributed by atoms with E-state index in [2.05, 4.69) is 4.98 Å². The third-order valence-corrected chi connectivity index (χ3v) is 3.79. The number of ether oxygens (including phenoxy) is 1. The van der Waals surface area contributed by atoms with Gasteiger partial charge in [-0.1, -0.05) is 11.3 Å². The van der Waals surface area contributed by atoms with Crippen LogP contribution in [0.4, 0.5) is 11.6 Å². The van der Waals surface area contributed by atoms with Crippen LogP contribution >= 0.6 is 11.3 Å². The van der Waals surface area contributed by atoms with E-state index in [9.17, 15) is 14.9 Å². The second-order valence-corrected chi connectivity index (χ2v) is 5.09. The minimum absolute atomic E-state index is 0.0427. The molecule has 3 heterocycles. The Hall–Kier alpha value is -2.20. The van der Waals surface area contributed by atoms with E-state index in [0.29, 0.717) is 11.5 Å². The number of hydrogen-bond donors (Lipinski definition) is 1. The quantitative estimate of drug-likeness (QED) is 0.652. The molecular weight excluding hydrogens is 288 g/mol. The zero-order valence-corrected chi connectivity index (χ0v) is 10.9. The van der Waals surface area contributed by atoms with E-state index < -0.39 is 17.0 Å². The van der Waals surface area contributed by atoms with Crippen LogP contribution in [0.25, 0.3) is 4.96 Å². The lowest BCUT2D eigenvalue weighted by Gasteiger charge is -2.30. The zero-order chi connectivity index (χ0) is 14.3. The van der Waals surface area contributed by atoms with E-state index >= 15 is 0 Å². The third-order valence-electron chi connectivity index (χ3n) is 3.03. The molecule has 2 aromatic heterocycles. The SMILES string of the molecule is O=C(O)C1CN(c2nc3sccn3c2[N+](=O)[O-])CCO1. The molecule has 1 saturated heterocycles. The molecule has 1 atom stereocenters. The first kappa shape index (κ1) is 12.8. The van der Waals surface area contributed by atoms with Crippen molar-refractivity contribution in [3.05, 3.63) is 21.7 Å². The smallest absolute Gasteiger partial charge is 0.373 e. The van der Waals surface area contributed by atoms with Crippen molar-refractivity contribution in [3.8, 4) is 0 Å². The van der Waals surface area contributed by atoms with E-state index in [1.54, 1.807) is 16.5 Å². The number of thiazole rings is 1. The fourth-order valence-electron chi connectivity index (χ4n) is 2.14. The van der Waals surface area contributed by atoms with Crippen molar-refractivity contribution in [2.75, 3.05) is 24.6 Å². The molecule has 2 aromatic rings. The zero-order valence-electron chi connectivity index (χ0n) is 10.1. The Bertz CT molecular complexity index is 680. The number of aromatic nitrogens is 2. The van der Waals surface area contributed by atoms with Crippen molar-refractivity contribution in [1.82, 2.24) is 9.38 Å². The largest absolute Gasteiger partial charge is 0.479 e. The number of carboxylic acids is 1. The van der Waals surface area contributed by atoms with Gasteiger partial charge in [-0.2, -0.15) is 9.38 Å². The Morgan fingerprint density at radius 3 is 3.15 bits per heavy atom. The maximum Gasteiger partial charge on any atom is 0.373 e. The molecule has 1 unspecified atom stereocenters. The molecule has 0 aliphatic carbocycles. The number of fused-ring (bicyclic) bond motifs is 1. The summed E-state index contributed by atoms with van der Waals surface area (Å²) in [6, 6.07) is 0. The van der Waals surface area contributed by atoms with Gasteiger partial charge in [0.1, 0.15) is 6.20 Å². The van der Waals surface area contributed by atoms with Gasteiger partial charge in [-0.3, -0.25) is 0 Å². The van der Waals surface area contributed by atoms with Gasteiger partial charge in [0.05, 0.1) is 13.2 Å². The number of nitrogens with zero attached hydrogens (tertiary/aromatic N) is 4. The van der Waals surface area contributed by atoms with Crippen molar-refractivity contribution >= 4 is 33.9 Å². The van der Waals surface area contributed by atoms with Crippen molar-refractivity contribution in [2.45, 2.75) is 6.10 Å². The Labute approximate surface area is 116 Å². The van der Waals surface area contributed by atoms with Gasteiger partial charge in [0.15, 0.2) is 6.10 Å². The summed E-state index contributed by atoms with van der Waals surface area (Å²) in [6.07, 6.45) is 0.576. The highest BCUT2D eigenvalue weighted by Gasteiger charge is 2.33. The summed E-state index contributed by atoms with van der Waals surface area (Å²) >= 11 is 1.28. The number of carboxylic acid groups (broad SMARTS) is 1. The molecule has 0 radical (unpaired) electrons. The average molecular weight is 298 g/mol. The first-order valence-electron chi connectivity index (χ1n) is 5.77. The molecule has 1 N–H and O–H groups in total. The summed E-state index contributed by atoms with van der Waals surface area (Å²) in [5, 5.41) is 21.9. The Kier molecular flexibility index (Phi) is 3.03. The van der Waals surface area contributed by atoms with Crippen LogP contribution in [0.15, 0.2) is 11.6 Å². The van der Waals surface area contributed by atoms with E-state index in [-0.39, 0.29) is 24.8 Å². The number of rotatable bonds is 3. The summed E-state index contributed by atoms with van der Waals surface area (Å²) in [6.45, 7) is 0.607. The topological polar surface area (TPSA) is 110 Å². The molecule has 10 heteroatoms. The van der Waals surface area contributed by atoms with Crippen LogP contribution in [0.1, 0.15) is 0 Å². The van der Waals surface area contributed by atoms with Gasteiger partial charge in [0.2, 0.25) is 5.82 Å². The molecule has 0 bridgehead atoms. The van der Waals surface area contributed by atoms with Crippen LogP contribution in [0.2, 0.25) is 0 Å². The van der Waals surface area contributed by atoms with Crippen LogP contribution in [-0.2, 0) is 9.53 Å². The minimum Gasteiger partial charge on any atom is -0.479 e. The number of anilines is 1. The molecule has 0 amide bonds. The number of carbonyl (C=O) groups is 1. The number of nitro groups is 1. The van der Waals surface area contributed by atoms with Crippen molar-refractivity contribution in [3.63, 3.8) is 0 Å². The number of imidazole rings is 1. The fraction of sp³-hybridized carbons (Fsp3) is 0.400. The monoisotopic (exact) mass is 298 g/mol. The van der Waals surface area contributed by atoms with E-state index in [0.717, 1.165) is 0 Å². The fourth-order valence-corrected chi connectivity index (χ4v) is 2.84. The number of aliphatic carboxylic acids is 1. The van der Waals surface area contributed by atoms with Gasteiger partial charge in [0, 0.05) is 11.9 Å². The summed E-state index contributed by atoms with van der Waals surface area (Å²) in [5.74, 6) is -1.04. The summed E-state index contributed by atoms with van der Waals surface area (Å²) < 4.78 is 6.50. The first-order valence-corrected chi connectivity index (χ1v) is 6.65. The molecule has 1 fully saturated rings. The molecule has 106 valence electrons. The van der Waals surface area contributed by atoms with Crippen LogP contribution in [-0.4, -0.2) is 51.2 Å². The lowest BCUT2D eigenvalue weighted by atomic mass is 10.3. The Morgan fingerprint density at radius 1 is 1.65 bits per heavy atom. The molecule has 0 spiro atoms. The summed E-state index contributed by atoms with van der Waals surface area (Å²) in [7, 11) is 0. The summed E-state index contributed by atoms with van der Waals surface area (Å²) in [5.41, 5.74) is 0. The van der Waals surface area contributed by atoms with Gasteiger partial charge in [-0.15, -0.1) is 0 Å². The second kappa shape index (κ2) is 4.72. The van der Waals surface area contributed by atoms with E-state index in [4.69, 9.17) is 9.84 Å². The highest BCUT2D eigenvalue weighted by atomic mass is 32.1. The molecule has 20 heavy (non-hydrogen) atoms. The van der Waals surface area contributed by atoms with E-state index in [1.165, 1.54) is 15.7 Å². The van der Waals surface area contributed by atoms with Gasteiger partial charge in [-0.25, -0.2) is 4.79 Å². The van der Waals surface area contributed by atoms with Crippen molar-refractivity contribution < 1.29 is 19.6 Å². The number of morpholine rings is 1. The van der Waals surface area contributed by atoms with Crippen LogP contribution in [0, 0.1) is 10.1 Å². The third kappa shape index (κ3) is 1.98. The van der Waals surface area contributed by atoms with Gasteiger partial charge >= 0.3 is 11.8 Å². The normalized spacial score (nSPS) is 19.4. The minimum atomic E-state index is -1.08. The van der Waals surface area contributed by atoms with Crippen LogP contribution in [0.3, 0.4) is 0 Å². The molecule has 1 aliphatic rings.